The second-order valence-electron chi connectivity index (χ2n) is 10.8. The molecule has 3 aromatic rings. The zero-order chi connectivity index (χ0) is 29.6. The summed E-state index contributed by atoms with van der Waals surface area (Å²) in [6.07, 6.45) is 6.35. The van der Waals surface area contributed by atoms with E-state index >= 15 is 0 Å². The van der Waals surface area contributed by atoms with E-state index in [0.29, 0.717) is 32.2 Å². The highest BCUT2D eigenvalue weighted by Crippen LogP contribution is 2.32. The van der Waals surface area contributed by atoms with Gasteiger partial charge in [-0.05, 0) is 78.3 Å². The fraction of sp³-hybridized carbons (Fsp3) is 0.333. The Bertz CT molecular complexity index is 1490. The van der Waals surface area contributed by atoms with Gasteiger partial charge in [0.1, 0.15) is 9.84 Å². The molecule has 0 heterocycles. The molecule has 0 radical (unpaired) electrons. The van der Waals surface area contributed by atoms with Gasteiger partial charge in [0, 0.05) is 43.7 Å². The Morgan fingerprint density at radius 1 is 0.878 bits per heavy atom. The van der Waals surface area contributed by atoms with Crippen molar-refractivity contribution < 1.29 is 22.7 Å². The normalized spacial score (nSPS) is 17.3. The zero-order valence-electron chi connectivity index (χ0n) is 24.1. The number of sulfone groups is 1. The maximum Gasteiger partial charge on any atom is 0.330 e. The molecule has 0 saturated heterocycles. The number of carbonyl (C=O) groups is 2. The Labute approximate surface area is 243 Å². The Morgan fingerprint density at radius 2 is 1.49 bits per heavy atom. The summed E-state index contributed by atoms with van der Waals surface area (Å²) in [4.78, 5) is 29.4. The molecule has 0 spiro atoms. The average Bonchev–Trinajstić information content (AvgIpc) is 2.98. The number of esters is 1. The number of methoxy groups -OCH3 is 1. The lowest BCUT2D eigenvalue weighted by molar-refractivity contribution is -0.134. The van der Waals surface area contributed by atoms with Crippen LogP contribution in [0.15, 0.2) is 78.9 Å². The van der Waals surface area contributed by atoms with Crippen LogP contribution in [-0.2, 0) is 30.7 Å². The molecule has 0 bridgehead atoms. The minimum absolute atomic E-state index is 0.0191. The zero-order valence-corrected chi connectivity index (χ0v) is 24.9. The second-order valence-corrected chi connectivity index (χ2v) is 13.1. The minimum Gasteiger partial charge on any atom is -0.466 e. The van der Waals surface area contributed by atoms with E-state index in [4.69, 9.17) is 4.74 Å². The Morgan fingerprint density at radius 3 is 2.05 bits per heavy atom. The molecule has 0 unspecified atom stereocenters. The van der Waals surface area contributed by atoms with E-state index in [1.807, 2.05) is 50.5 Å². The molecule has 1 amide bonds. The Kier molecular flexibility index (Phi) is 9.65. The minimum atomic E-state index is -3.12. The number of nitrogens with zero attached hydrogens (tertiary/aromatic N) is 2. The maximum atomic E-state index is 13.9. The van der Waals surface area contributed by atoms with Gasteiger partial charge in [-0.2, -0.15) is 0 Å². The van der Waals surface area contributed by atoms with Crippen LogP contribution in [0.25, 0.3) is 17.2 Å². The van der Waals surface area contributed by atoms with Crippen molar-refractivity contribution in [1.29, 1.82) is 0 Å². The van der Waals surface area contributed by atoms with Gasteiger partial charge in [0.15, 0.2) is 0 Å². The van der Waals surface area contributed by atoms with Crippen LogP contribution in [0.2, 0.25) is 0 Å². The average molecular weight is 575 g/mol. The third kappa shape index (κ3) is 7.85. The number of benzene rings is 3. The Hall–Kier alpha value is -3.91. The molecule has 0 N–H and O–H groups in total. The van der Waals surface area contributed by atoms with E-state index < -0.39 is 15.8 Å². The second kappa shape index (κ2) is 13.2. The van der Waals surface area contributed by atoms with Crippen molar-refractivity contribution in [2.75, 3.05) is 37.3 Å². The first-order valence-corrected chi connectivity index (χ1v) is 15.7. The summed E-state index contributed by atoms with van der Waals surface area (Å²) in [5, 5.41) is -0.383. The van der Waals surface area contributed by atoms with Crippen LogP contribution < -0.4 is 9.80 Å². The van der Waals surface area contributed by atoms with Crippen molar-refractivity contribution in [1.82, 2.24) is 0 Å². The SMILES string of the molecule is COC(=O)/C=C/c1cccc(N(Cc2ccc(-c3ccc(N(C)C)cc3)cc2)C(=O)[C@H]2CC[C@H](S(C)(=O)=O)CC2)c1. The summed E-state index contributed by atoms with van der Waals surface area (Å²) in [7, 11) is 2.23. The van der Waals surface area contributed by atoms with Crippen LogP contribution in [0.4, 0.5) is 11.4 Å². The predicted octanol–water partition coefficient (Wildman–Crippen LogP) is 5.74. The number of rotatable bonds is 9. The summed E-state index contributed by atoms with van der Waals surface area (Å²) >= 11 is 0. The molecule has 0 aliphatic heterocycles. The lowest BCUT2D eigenvalue weighted by Crippen LogP contribution is -2.39. The fourth-order valence-corrected chi connectivity index (χ4v) is 6.35. The van der Waals surface area contributed by atoms with Gasteiger partial charge in [0.25, 0.3) is 0 Å². The monoisotopic (exact) mass is 574 g/mol. The van der Waals surface area contributed by atoms with E-state index in [9.17, 15) is 18.0 Å². The predicted molar refractivity (Wildman–Crippen MR) is 165 cm³/mol. The maximum absolute atomic E-state index is 13.9. The van der Waals surface area contributed by atoms with Gasteiger partial charge in [0.05, 0.1) is 18.9 Å². The van der Waals surface area contributed by atoms with Crippen LogP contribution >= 0.6 is 0 Å². The quantitative estimate of drug-likeness (QED) is 0.239. The smallest absolute Gasteiger partial charge is 0.330 e. The van der Waals surface area contributed by atoms with Crippen molar-refractivity contribution in [2.45, 2.75) is 37.5 Å². The summed E-state index contributed by atoms with van der Waals surface area (Å²) in [6.45, 7) is 0.370. The van der Waals surface area contributed by atoms with E-state index in [1.165, 1.54) is 19.4 Å². The molecule has 7 nitrogen and oxygen atoms in total. The van der Waals surface area contributed by atoms with Crippen LogP contribution in [0.1, 0.15) is 36.8 Å². The van der Waals surface area contributed by atoms with Crippen LogP contribution in [-0.4, -0.2) is 53.0 Å². The molecule has 1 fully saturated rings. The molecular formula is C33H38N2O5S. The lowest BCUT2D eigenvalue weighted by Gasteiger charge is -2.32. The summed E-state index contributed by atoms with van der Waals surface area (Å²) in [5.41, 5.74) is 5.80. The molecule has 1 saturated carbocycles. The van der Waals surface area contributed by atoms with Gasteiger partial charge in [0.2, 0.25) is 5.91 Å². The van der Waals surface area contributed by atoms with Gasteiger partial charge in [-0.1, -0.05) is 48.5 Å². The molecule has 8 heteroatoms. The molecule has 0 atom stereocenters. The van der Waals surface area contributed by atoms with Gasteiger partial charge >= 0.3 is 5.97 Å². The molecular weight excluding hydrogens is 536 g/mol. The van der Waals surface area contributed by atoms with Gasteiger partial charge in [-0.15, -0.1) is 0 Å². The van der Waals surface area contributed by atoms with Crippen molar-refractivity contribution in [3.63, 3.8) is 0 Å². The molecule has 216 valence electrons. The number of ether oxygens (including phenoxy) is 1. The van der Waals surface area contributed by atoms with Gasteiger partial charge in [-0.25, -0.2) is 13.2 Å². The molecule has 1 aliphatic rings. The van der Waals surface area contributed by atoms with E-state index in [2.05, 4.69) is 41.3 Å². The van der Waals surface area contributed by atoms with E-state index in [0.717, 1.165) is 33.6 Å². The molecule has 1 aliphatic carbocycles. The van der Waals surface area contributed by atoms with E-state index in [-0.39, 0.29) is 17.1 Å². The molecule has 3 aromatic carbocycles. The van der Waals surface area contributed by atoms with Crippen LogP contribution in [0.3, 0.4) is 0 Å². The first-order valence-electron chi connectivity index (χ1n) is 13.8. The lowest BCUT2D eigenvalue weighted by atomic mass is 9.87. The standard InChI is InChI=1S/C33H38N2O5S/c1-34(2)29-17-13-27(14-18-29)26-11-8-25(9-12-26)23-35(30-7-5-6-24(22-30)10-21-32(36)40-3)33(37)28-15-19-31(20-16-28)41(4,38)39/h5-14,17-18,21-22,28,31H,15-16,19-20,23H2,1-4H3/b21-10+/t28-,31-. The van der Waals surface area contributed by atoms with E-state index in [1.54, 1.807) is 11.0 Å². The van der Waals surface area contributed by atoms with Crippen molar-refractivity contribution in [3.05, 3.63) is 90.0 Å². The number of anilines is 2. The van der Waals surface area contributed by atoms with Crippen molar-refractivity contribution >= 4 is 39.2 Å². The van der Waals surface area contributed by atoms with Gasteiger partial charge in [-0.3, -0.25) is 4.79 Å². The third-order valence-corrected chi connectivity index (χ3v) is 9.38. The van der Waals surface area contributed by atoms with Crippen molar-refractivity contribution in [3.8, 4) is 11.1 Å². The summed E-state index contributed by atoms with van der Waals surface area (Å²) < 4.78 is 28.8. The highest BCUT2D eigenvalue weighted by molar-refractivity contribution is 7.91. The highest BCUT2D eigenvalue weighted by atomic mass is 32.2. The largest absolute Gasteiger partial charge is 0.466 e. The van der Waals surface area contributed by atoms with Gasteiger partial charge < -0.3 is 14.5 Å². The number of carbonyl (C=O) groups excluding carboxylic acids is 2. The third-order valence-electron chi connectivity index (χ3n) is 7.70. The first kappa shape index (κ1) is 30.1. The topological polar surface area (TPSA) is 84.0 Å². The number of amides is 1. The fourth-order valence-electron chi connectivity index (χ4n) is 5.22. The molecule has 0 aromatic heterocycles. The molecule has 4 rings (SSSR count). The summed E-state index contributed by atoms with van der Waals surface area (Å²) in [5.74, 6) is -0.728. The molecule has 41 heavy (non-hydrogen) atoms. The first-order chi connectivity index (χ1) is 19.5. The highest BCUT2D eigenvalue weighted by Gasteiger charge is 2.33. The number of hydrogen-bond donors (Lipinski definition) is 0. The van der Waals surface area contributed by atoms with Crippen molar-refractivity contribution in [2.24, 2.45) is 5.92 Å². The number of hydrogen-bond acceptors (Lipinski definition) is 6. The summed E-state index contributed by atoms with van der Waals surface area (Å²) in [6, 6.07) is 24.1. The van der Waals surface area contributed by atoms with Crippen LogP contribution in [0, 0.1) is 5.92 Å². The Balaban J connectivity index is 1.59. The van der Waals surface area contributed by atoms with Crippen LogP contribution in [0.5, 0.6) is 0 Å².